The molecule has 5 aliphatic rings. The molecule has 6 rings (SSSR count). The lowest BCUT2D eigenvalue weighted by Crippen LogP contribution is -2.10. The quantitative estimate of drug-likeness (QED) is 0.654. The minimum absolute atomic E-state index is 0.408. The zero-order valence-electron chi connectivity index (χ0n) is 15.0. The Labute approximate surface area is 149 Å². The van der Waals surface area contributed by atoms with Crippen LogP contribution in [-0.4, -0.2) is 20.3 Å². The summed E-state index contributed by atoms with van der Waals surface area (Å²) in [7, 11) is -1.55. The fraction of sp³-hybridized carbons (Fsp3) is 0.600. The van der Waals surface area contributed by atoms with E-state index in [1.807, 2.05) is 26.0 Å². The maximum Gasteiger partial charge on any atom is 0.357 e. The van der Waals surface area contributed by atoms with Gasteiger partial charge in [-0.2, -0.15) is 0 Å². The van der Waals surface area contributed by atoms with E-state index in [2.05, 4.69) is 12.1 Å². The fourth-order valence-corrected chi connectivity index (χ4v) is 8.61. The van der Waals surface area contributed by atoms with Crippen molar-refractivity contribution in [3.8, 4) is 5.75 Å². The SMILES string of the molecule is CCOP(=O)(OCC)C1=C(c2cccc(OC)c2)[C@@H]2C3C4[C@@H]3C[C@@H]2[C@@H]14. The predicted molar refractivity (Wildman–Crippen MR) is 96.3 cm³/mol. The molecule has 0 radical (unpaired) electrons. The summed E-state index contributed by atoms with van der Waals surface area (Å²) in [6, 6.07) is 8.18. The Morgan fingerprint density at radius 1 is 1.08 bits per heavy atom. The average Bonchev–Trinajstić information content (AvgIpc) is 2.96. The standard InChI is InChI=1S/C20H25O4P/c1-4-23-25(21,24-5-2)20-15(11-7-6-8-12(9-11)22-3)16-14-10-13-17(16)18(13)19(14)20/h6-9,13-14,16-19H,4-5,10H2,1-3H3/t13-,14+,16-,17?,18?,19-/m1/s1. The number of hydrogen-bond donors (Lipinski definition) is 0. The zero-order chi connectivity index (χ0) is 17.3. The van der Waals surface area contributed by atoms with Crippen molar-refractivity contribution in [3.63, 3.8) is 0 Å². The smallest absolute Gasteiger partial charge is 0.357 e. The number of hydrogen-bond acceptors (Lipinski definition) is 4. The molecule has 0 saturated heterocycles. The lowest BCUT2D eigenvalue weighted by molar-refractivity contribution is 0.222. The van der Waals surface area contributed by atoms with Crippen molar-refractivity contribution in [2.75, 3.05) is 20.3 Å². The highest BCUT2D eigenvalue weighted by atomic mass is 31.2. The second-order valence-corrected chi connectivity index (χ2v) is 9.63. The first kappa shape index (κ1) is 16.1. The van der Waals surface area contributed by atoms with Crippen LogP contribution in [0.5, 0.6) is 5.75 Å². The first-order valence-electron chi connectivity index (χ1n) is 9.42. The van der Waals surface area contributed by atoms with E-state index < -0.39 is 7.60 Å². The van der Waals surface area contributed by atoms with Gasteiger partial charge in [-0.3, -0.25) is 4.57 Å². The molecular weight excluding hydrogens is 335 g/mol. The van der Waals surface area contributed by atoms with Crippen molar-refractivity contribution in [1.82, 2.24) is 0 Å². The Kier molecular flexibility index (Phi) is 3.51. The summed E-state index contributed by atoms with van der Waals surface area (Å²) in [6.45, 7) is 4.60. The largest absolute Gasteiger partial charge is 0.497 e. The van der Waals surface area contributed by atoms with Gasteiger partial charge < -0.3 is 13.8 Å². The first-order valence-corrected chi connectivity index (χ1v) is 11.0. The summed E-state index contributed by atoms with van der Waals surface area (Å²) >= 11 is 0. The van der Waals surface area contributed by atoms with E-state index in [0.717, 1.165) is 34.4 Å². The molecule has 5 heteroatoms. The highest BCUT2D eigenvalue weighted by molar-refractivity contribution is 7.58. The second-order valence-electron chi connectivity index (χ2n) is 7.63. The van der Waals surface area contributed by atoms with Crippen LogP contribution < -0.4 is 4.74 Å². The van der Waals surface area contributed by atoms with Crippen LogP contribution in [0.4, 0.5) is 0 Å². The third-order valence-corrected chi connectivity index (χ3v) is 9.11. The summed E-state index contributed by atoms with van der Waals surface area (Å²) < 4.78 is 30.8. The van der Waals surface area contributed by atoms with E-state index in [1.165, 1.54) is 12.0 Å². The third-order valence-electron chi connectivity index (χ3n) is 6.79. The van der Waals surface area contributed by atoms with E-state index in [4.69, 9.17) is 13.8 Å². The maximum absolute atomic E-state index is 13.7. The molecule has 4 fully saturated rings. The molecule has 1 aromatic rings. The number of allylic oxidation sites excluding steroid dienone is 2. The Hall–Kier alpha value is -1.09. The summed E-state index contributed by atoms with van der Waals surface area (Å²) in [6.07, 6.45) is 1.29. The van der Waals surface area contributed by atoms with Gasteiger partial charge in [0, 0.05) is 5.31 Å². The minimum Gasteiger partial charge on any atom is -0.497 e. The molecule has 25 heavy (non-hydrogen) atoms. The van der Waals surface area contributed by atoms with Gasteiger partial charge in [0.25, 0.3) is 0 Å². The Morgan fingerprint density at radius 3 is 2.44 bits per heavy atom. The molecule has 6 bridgehead atoms. The van der Waals surface area contributed by atoms with Gasteiger partial charge in [0.2, 0.25) is 0 Å². The summed E-state index contributed by atoms with van der Waals surface area (Å²) in [4.78, 5) is 0. The second kappa shape index (κ2) is 5.45. The molecule has 0 aliphatic heterocycles. The van der Waals surface area contributed by atoms with Crippen LogP contribution in [0.1, 0.15) is 25.8 Å². The normalized spacial score (nSPS) is 37.1. The molecular formula is C20H25O4P. The predicted octanol–water partition coefficient (Wildman–Crippen LogP) is 4.81. The first-order chi connectivity index (χ1) is 12.1. The average molecular weight is 360 g/mol. The van der Waals surface area contributed by atoms with Crippen molar-refractivity contribution in [2.45, 2.75) is 20.3 Å². The van der Waals surface area contributed by atoms with E-state index >= 15 is 0 Å². The van der Waals surface area contributed by atoms with Crippen LogP contribution in [0.15, 0.2) is 29.6 Å². The van der Waals surface area contributed by atoms with Crippen LogP contribution in [-0.2, 0) is 13.6 Å². The molecule has 0 spiro atoms. The molecule has 0 N–H and O–H groups in total. The van der Waals surface area contributed by atoms with Crippen molar-refractivity contribution >= 4 is 13.2 Å². The van der Waals surface area contributed by atoms with Crippen LogP contribution in [0.25, 0.3) is 5.57 Å². The lowest BCUT2D eigenvalue weighted by atomic mass is 9.89. The number of methoxy groups -OCH3 is 1. The summed E-state index contributed by atoms with van der Waals surface area (Å²) in [5.74, 6) is 4.81. The van der Waals surface area contributed by atoms with Crippen molar-refractivity contribution in [2.24, 2.45) is 35.5 Å². The molecule has 4 saturated carbocycles. The topological polar surface area (TPSA) is 44.8 Å². The molecule has 4 nitrogen and oxygen atoms in total. The number of ether oxygens (including phenoxy) is 1. The van der Waals surface area contributed by atoms with Gasteiger partial charge in [-0.25, -0.2) is 0 Å². The maximum atomic E-state index is 13.7. The highest BCUT2D eigenvalue weighted by Crippen LogP contribution is 2.87. The van der Waals surface area contributed by atoms with Gasteiger partial charge in [0.05, 0.1) is 20.3 Å². The monoisotopic (exact) mass is 360 g/mol. The number of benzene rings is 1. The van der Waals surface area contributed by atoms with Crippen LogP contribution >= 0.6 is 7.60 Å². The Balaban J connectivity index is 1.68. The van der Waals surface area contributed by atoms with Crippen LogP contribution in [0, 0.1) is 35.5 Å². The molecule has 0 heterocycles. The third kappa shape index (κ3) is 1.99. The lowest BCUT2D eigenvalue weighted by Gasteiger charge is -2.26. The van der Waals surface area contributed by atoms with Crippen molar-refractivity contribution in [3.05, 3.63) is 35.1 Å². The molecule has 1 aromatic carbocycles. The van der Waals surface area contributed by atoms with E-state index in [1.54, 1.807) is 7.11 Å². The van der Waals surface area contributed by atoms with Gasteiger partial charge >= 0.3 is 7.60 Å². The molecule has 6 atom stereocenters. The van der Waals surface area contributed by atoms with Gasteiger partial charge in [0.1, 0.15) is 5.75 Å². The van der Waals surface area contributed by atoms with Crippen molar-refractivity contribution < 1.29 is 18.3 Å². The van der Waals surface area contributed by atoms with Gasteiger partial charge in [-0.05, 0) is 79.0 Å². The number of rotatable bonds is 7. The Morgan fingerprint density at radius 2 is 1.80 bits per heavy atom. The van der Waals surface area contributed by atoms with E-state index in [0.29, 0.717) is 31.0 Å². The summed E-state index contributed by atoms with van der Waals surface area (Å²) in [5, 5.41) is 1.00. The zero-order valence-corrected chi connectivity index (χ0v) is 15.9. The fourth-order valence-electron chi connectivity index (χ4n) is 6.27. The van der Waals surface area contributed by atoms with Crippen molar-refractivity contribution in [1.29, 1.82) is 0 Å². The Bertz CT molecular complexity index is 791. The van der Waals surface area contributed by atoms with Gasteiger partial charge in [-0.15, -0.1) is 0 Å². The minimum atomic E-state index is -3.24. The van der Waals surface area contributed by atoms with E-state index in [9.17, 15) is 4.57 Å². The van der Waals surface area contributed by atoms with E-state index in [-0.39, 0.29) is 0 Å². The van der Waals surface area contributed by atoms with Crippen LogP contribution in [0.2, 0.25) is 0 Å². The van der Waals surface area contributed by atoms with Gasteiger partial charge in [-0.1, -0.05) is 12.1 Å². The molecule has 134 valence electrons. The van der Waals surface area contributed by atoms with Crippen LogP contribution in [0.3, 0.4) is 0 Å². The highest BCUT2D eigenvalue weighted by Gasteiger charge is 2.79. The molecule has 0 amide bonds. The molecule has 2 unspecified atom stereocenters. The molecule has 5 aliphatic carbocycles. The summed E-state index contributed by atoms with van der Waals surface area (Å²) in [5.41, 5.74) is 2.39. The molecule has 0 aromatic heterocycles. The van der Waals surface area contributed by atoms with Gasteiger partial charge in [0.15, 0.2) is 0 Å².